The standard InChI is InChI=1S/C23H10Cl3F3O4/c24-15-4-2-1-3-13(15)19-20(30)14-7-6-12(10-18(14)33-21(19)23(27,28)29)32-22(31)11-5-8-16(25)17(26)9-11/h1-10H. The van der Waals surface area contributed by atoms with Gasteiger partial charge in [-0.25, -0.2) is 4.79 Å². The zero-order valence-electron chi connectivity index (χ0n) is 16.2. The molecule has 10 heteroatoms. The number of rotatable bonds is 3. The van der Waals surface area contributed by atoms with Gasteiger partial charge in [0.05, 0.1) is 26.6 Å². The van der Waals surface area contributed by atoms with Gasteiger partial charge in [0, 0.05) is 16.7 Å². The Hall–Kier alpha value is -3.00. The molecule has 0 aliphatic heterocycles. The summed E-state index contributed by atoms with van der Waals surface area (Å²) in [6, 6.07) is 13.2. The Morgan fingerprint density at radius 3 is 2.27 bits per heavy atom. The number of carbonyl (C=O) groups is 1. The van der Waals surface area contributed by atoms with E-state index in [-0.39, 0.29) is 37.3 Å². The van der Waals surface area contributed by atoms with Crippen LogP contribution in [0.15, 0.2) is 69.9 Å². The molecule has 4 rings (SSSR count). The van der Waals surface area contributed by atoms with Gasteiger partial charge in [0.15, 0.2) is 0 Å². The largest absolute Gasteiger partial charge is 0.450 e. The molecule has 1 heterocycles. The normalized spacial score (nSPS) is 11.6. The van der Waals surface area contributed by atoms with Crippen LogP contribution in [-0.4, -0.2) is 5.97 Å². The molecule has 0 amide bonds. The number of alkyl halides is 3. The van der Waals surface area contributed by atoms with Crippen LogP contribution in [-0.2, 0) is 6.18 Å². The molecule has 0 aliphatic rings. The first-order chi connectivity index (χ1) is 15.6. The van der Waals surface area contributed by atoms with Gasteiger partial charge in [-0.15, -0.1) is 0 Å². The van der Waals surface area contributed by atoms with Gasteiger partial charge < -0.3 is 9.15 Å². The Bertz CT molecular complexity index is 1460. The van der Waals surface area contributed by atoms with Crippen molar-refractivity contribution in [2.24, 2.45) is 0 Å². The Morgan fingerprint density at radius 1 is 0.879 bits per heavy atom. The lowest BCUT2D eigenvalue weighted by molar-refractivity contribution is -0.152. The highest BCUT2D eigenvalue weighted by molar-refractivity contribution is 6.42. The highest BCUT2D eigenvalue weighted by Gasteiger charge is 2.39. The molecule has 0 fully saturated rings. The SMILES string of the molecule is O=C(Oc1ccc2c(=O)c(-c3ccccc3Cl)c(C(F)(F)F)oc2c1)c1ccc(Cl)c(Cl)c1. The minimum absolute atomic E-state index is 0.0400. The van der Waals surface area contributed by atoms with E-state index in [1.807, 2.05) is 0 Å². The molecule has 0 saturated heterocycles. The Morgan fingerprint density at radius 2 is 1.61 bits per heavy atom. The number of carbonyl (C=O) groups excluding carboxylic acids is 1. The lowest BCUT2D eigenvalue weighted by atomic mass is 10.0. The van der Waals surface area contributed by atoms with E-state index in [0.717, 1.165) is 6.07 Å². The quantitative estimate of drug-likeness (QED) is 0.208. The molecule has 0 bridgehead atoms. The van der Waals surface area contributed by atoms with Gasteiger partial charge in [-0.2, -0.15) is 13.2 Å². The fourth-order valence-electron chi connectivity index (χ4n) is 3.13. The van der Waals surface area contributed by atoms with Gasteiger partial charge in [0.2, 0.25) is 11.2 Å². The number of fused-ring (bicyclic) bond motifs is 1. The van der Waals surface area contributed by atoms with Crippen molar-refractivity contribution >= 4 is 51.7 Å². The summed E-state index contributed by atoms with van der Waals surface area (Å²) in [5.41, 5.74) is -2.10. The van der Waals surface area contributed by atoms with Crippen molar-refractivity contribution in [3.05, 3.63) is 97.3 Å². The van der Waals surface area contributed by atoms with Gasteiger partial charge >= 0.3 is 12.1 Å². The molecular formula is C23H10Cl3F3O4. The second kappa shape index (κ2) is 8.74. The van der Waals surface area contributed by atoms with E-state index in [9.17, 15) is 22.8 Å². The van der Waals surface area contributed by atoms with Crippen molar-refractivity contribution in [2.45, 2.75) is 6.18 Å². The van der Waals surface area contributed by atoms with Crippen molar-refractivity contribution in [1.82, 2.24) is 0 Å². The predicted octanol–water partition coefficient (Wildman–Crippen LogP) is 7.66. The van der Waals surface area contributed by atoms with E-state index >= 15 is 0 Å². The molecule has 0 unspecified atom stereocenters. The highest BCUT2D eigenvalue weighted by Crippen LogP contribution is 2.39. The third-order valence-corrected chi connectivity index (χ3v) is 5.70. The van der Waals surface area contributed by atoms with Crippen molar-refractivity contribution in [1.29, 1.82) is 0 Å². The first kappa shape index (κ1) is 23.2. The molecule has 0 radical (unpaired) electrons. The van der Waals surface area contributed by atoms with Crippen LogP contribution in [0.1, 0.15) is 16.1 Å². The number of benzene rings is 3. The number of hydrogen-bond acceptors (Lipinski definition) is 4. The maximum absolute atomic E-state index is 13.8. The van der Waals surface area contributed by atoms with Gasteiger partial charge in [-0.05, 0) is 36.4 Å². The maximum Gasteiger partial charge on any atom is 0.450 e. The minimum Gasteiger partial charge on any atom is -0.450 e. The van der Waals surface area contributed by atoms with Crippen LogP contribution in [0.4, 0.5) is 13.2 Å². The fraction of sp³-hybridized carbons (Fsp3) is 0.0435. The second-order valence-electron chi connectivity index (χ2n) is 6.79. The molecule has 33 heavy (non-hydrogen) atoms. The second-order valence-corrected chi connectivity index (χ2v) is 8.01. The molecule has 0 aliphatic carbocycles. The molecule has 0 spiro atoms. The van der Waals surface area contributed by atoms with Gasteiger partial charge in [0.25, 0.3) is 0 Å². The Balaban J connectivity index is 1.82. The van der Waals surface area contributed by atoms with Crippen LogP contribution < -0.4 is 10.2 Å². The summed E-state index contributed by atoms with van der Waals surface area (Å²) in [6.45, 7) is 0. The lowest BCUT2D eigenvalue weighted by Gasteiger charge is -2.14. The van der Waals surface area contributed by atoms with E-state index in [1.54, 1.807) is 0 Å². The molecule has 0 N–H and O–H groups in total. The van der Waals surface area contributed by atoms with E-state index in [4.69, 9.17) is 44.0 Å². The van der Waals surface area contributed by atoms with Crippen molar-refractivity contribution < 1.29 is 27.1 Å². The van der Waals surface area contributed by atoms with E-state index in [2.05, 4.69) is 0 Å². The molecular weight excluding hydrogens is 504 g/mol. The van der Waals surface area contributed by atoms with Crippen LogP contribution in [0, 0.1) is 0 Å². The fourth-order valence-corrected chi connectivity index (χ4v) is 3.66. The summed E-state index contributed by atoms with van der Waals surface area (Å²) in [6.07, 6.45) is -4.99. The summed E-state index contributed by atoms with van der Waals surface area (Å²) in [7, 11) is 0. The first-order valence-electron chi connectivity index (χ1n) is 9.16. The highest BCUT2D eigenvalue weighted by atomic mass is 35.5. The van der Waals surface area contributed by atoms with Crippen molar-refractivity contribution in [2.75, 3.05) is 0 Å². The summed E-state index contributed by atoms with van der Waals surface area (Å²) in [5, 5.41) is 0.168. The molecule has 3 aromatic carbocycles. The molecule has 4 nitrogen and oxygen atoms in total. The average Bonchev–Trinajstić information content (AvgIpc) is 2.75. The Labute approximate surface area is 199 Å². The maximum atomic E-state index is 13.8. The van der Waals surface area contributed by atoms with Crippen LogP contribution in [0.2, 0.25) is 15.1 Å². The lowest BCUT2D eigenvalue weighted by Crippen LogP contribution is -2.16. The van der Waals surface area contributed by atoms with Crippen LogP contribution in [0.3, 0.4) is 0 Å². The monoisotopic (exact) mass is 512 g/mol. The summed E-state index contributed by atoms with van der Waals surface area (Å²) in [5.74, 6) is -2.49. The van der Waals surface area contributed by atoms with Gasteiger partial charge in [-0.3, -0.25) is 4.79 Å². The number of hydrogen-bond donors (Lipinski definition) is 0. The molecule has 0 saturated carbocycles. The number of halogens is 6. The smallest absolute Gasteiger partial charge is 0.450 e. The predicted molar refractivity (Wildman–Crippen MR) is 119 cm³/mol. The third-order valence-electron chi connectivity index (χ3n) is 4.63. The number of ether oxygens (including phenoxy) is 1. The number of esters is 1. The van der Waals surface area contributed by atoms with Crippen molar-refractivity contribution in [3.63, 3.8) is 0 Å². The first-order valence-corrected chi connectivity index (χ1v) is 10.3. The van der Waals surface area contributed by atoms with Crippen molar-refractivity contribution in [3.8, 4) is 16.9 Å². The third kappa shape index (κ3) is 4.57. The average molecular weight is 514 g/mol. The Kier molecular flexibility index (Phi) is 6.14. The van der Waals surface area contributed by atoms with E-state index < -0.39 is 34.5 Å². The van der Waals surface area contributed by atoms with Gasteiger partial charge in [-0.1, -0.05) is 53.0 Å². The summed E-state index contributed by atoms with van der Waals surface area (Å²) >= 11 is 17.7. The van der Waals surface area contributed by atoms with Crippen LogP contribution in [0.25, 0.3) is 22.1 Å². The molecule has 0 atom stereocenters. The van der Waals surface area contributed by atoms with Gasteiger partial charge in [0.1, 0.15) is 11.3 Å². The zero-order valence-corrected chi connectivity index (χ0v) is 18.4. The molecule has 4 aromatic rings. The van der Waals surface area contributed by atoms with E-state index in [1.165, 1.54) is 54.6 Å². The molecule has 1 aromatic heterocycles. The minimum atomic E-state index is -4.99. The molecule has 168 valence electrons. The van der Waals surface area contributed by atoms with Crippen LogP contribution >= 0.6 is 34.8 Å². The topological polar surface area (TPSA) is 56.5 Å². The van der Waals surface area contributed by atoms with Crippen LogP contribution in [0.5, 0.6) is 5.75 Å². The van der Waals surface area contributed by atoms with E-state index in [0.29, 0.717) is 0 Å². The summed E-state index contributed by atoms with van der Waals surface area (Å²) in [4.78, 5) is 25.4. The summed E-state index contributed by atoms with van der Waals surface area (Å²) < 4.78 is 51.7. The zero-order chi connectivity index (χ0) is 23.9.